The van der Waals surface area contributed by atoms with Crippen molar-refractivity contribution in [1.29, 1.82) is 0 Å². The monoisotopic (exact) mass is 353 g/mol. The van der Waals surface area contributed by atoms with Crippen LogP contribution in [0.4, 0.5) is 0 Å². The molecule has 0 spiro atoms. The number of hydrogen-bond donors (Lipinski definition) is 1. The Labute approximate surface area is 128 Å². The molecule has 1 aromatic carbocycles. The molecule has 0 bridgehead atoms. The standard InChI is InChI=1S/C12H16ClNO5S2/c1-8-4-5-10(6-11(8)21(13,18)19)12(15)14-9(2)7-20(3,16)17/h4-6,9H,7H2,1-3H3,(H,14,15). The minimum Gasteiger partial charge on any atom is -0.349 e. The van der Waals surface area contributed by atoms with E-state index in [1.807, 2.05) is 0 Å². The molecule has 0 heterocycles. The van der Waals surface area contributed by atoms with Crippen molar-refractivity contribution in [2.45, 2.75) is 24.8 Å². The molecule has 0 aromatic heterocycles. The van der Waals surface area contributed by atoms with Gasteiger partial charge in [0.25, 0.3) is 15.0 Å². The Morgan fingerprint density at radius 3 is 2.33 bits per heavy atom. The van der Waals surface area contributed by atoms with Gasteiger partial charge in [-0.3, -0.25) is 4.79 Å². The third-order valence-electron chi connectivity index (χ3n) is 2.64. The Morgan fingerprint density at radius 1 is 1.29 bits per heavy atom. The van der Waals surface area contributed by atoms with E-state index in [0.717, 1.165) is 6.26 Å². The number of nitrogens with one attached hydrogen (secondary N) is 1. The summed E-state index contributed by atoms with van der Waals surface area (Å²) in [7, 11) is -1.88. The summed E-state index contributed by atoms with van der Waals surface area (Å²) in [6.07, 6.45) is 1.07. The van der Waals surface area contributed by atoms with E-state index in [0.29, 0.717) is 5.56 Å². The lowest BCUT2D eigenvalue weighted by molar-refractivity contribution is 0.0943. The van der Waals surface area contributed by atoms with Gasteiger partial charge in [-0.15, -0.1) is 0 Å². The normalized spacial score (nSPS) is 13.7. The lowest BCUT2D eigenvalue weighted by atomic mass is 10.1. The lowest BCUT2D eigenvalue weighted by Crippen LogP contribution is -2.37. The van der Waals surface area contributed by atoms with Gasteiger partial charge in [-0.1, -0.05) is 6.07 Å². The van der Waals surface area contributed by atoms with Crippen LogP contribution in [0.1, 0.15) is 22.8 Å². The van der Waals surface area contributed by atoms with E-state index >= 15 is 0 Å². The Kier molecular flexibility index (Phi) is 5.40. The summed E-state index contributed by atoms with van der Waals surface area (Å²) in [6, 6.07) is 3.49. The number of benzene rings is 1. The van der Waals surface area contributed by atoms with Gasteiger partial charge in [0.1, 0.15) is 9.84 Å². The molecule has 1 atom stereocenters. The van der Waals surface area contributed by atoms with Gasteiger partial charge in [-0.05, 0) is 31.5 Å². The summed E-state index contributed by atoms with van der Waals surface area (Å²) in [5.41, 5.74) is 0.519. The van der Waals surface area contributed by atoms with E-state index in [2.05, 4.69) is 5.32 Å². The van der Waals surface area contributed by atoms with Gasteiger partial charge in [0.2, 0.25) is 0 Å². The molecule has 1 amide bonds. The van der Waals surface area contributed by atoms with E-state index in [-0.39, 0.29) is 16.2 Å². The quantitative estimate of drug-likeness (QED) is 0.799. The van der Waals surface area contributed by atoms with Crippen molar-refractivity contribution in [2.75, 3.05) is 12.0 Å². The minimum atomic E-state index is -3.95. The molecular weight excluding hydrogens is 338 g/mol. The van der Waals surface area contributed by atoms with Crippen LogP contribution in [0.15, 0.2) is 23.1 Å². The van der Waals surface area contributed by atoms with Crippen molar-refractivity contribution in [1.82, 2.24) is 5.32 Å². The van der Waals surface area contributed by atoms with Crippen LogP contribution in [0.2, 0.25) is 0 Å². The van der Waals surface area contributed by atoms with Crippen LogP contribution in [0.5, 0.6) is 0 Å². The molecule has 0 radical (unpaired) electrons. The maximum atomic E-state index is 12.0. The molecule has 0 saturated heterocycles. The van der Waals surface area contributed by atoms with Crippen molar-refractivity contribution >= 4 is 35.5 Å². The zero-order valence-electron chi connectivity index (χ0n) is 11.8. The molecule has 0 aliphatic carbocycles. The van der Waals surface area contributed by atoms with E-state index < -0.39 is 30.8 Å². The van der Waals surface area contributed by atoms with Crippen molar-refractivity contribution in [3.8, 4) is 0 Å². The van der Waals surface area contributed by atoms with Crippen LogP contribution in [-0.2, 0) is 18.9 Å². The van der Waals surface area contributed by atoms with Gasteiger partial charge < -0.3 is 5.32 Å². The molecule has 0 saturated carbocycles. The summed E-state index contributed by atoms with van der Waals surface area (Å²) >= 11 is 0. The Balaban J connectivity index is 2.99. The number of halogens is 1. The summed E-state index contributed by atoms with van der Waals surface area (Å²) in [5, 5.41) is 2.49. The first-order valence-corrected chi connectivity index (χ1v) is 10.3. The van der Waals surface area contributed by atoms with Crippen molar-refractivity contribution in [2.24, 2.45) is 0 Å². The van der Waals surface area contributed by atoms with Gasteiger partial charge in [-0.2, -0.15) is 0 Å². The number of rotatable bonds is 5. The molecule has 9 heteroatoms. The number of carbonyl (C=O) groups excluding carboxylic acids is 1. The van der Waals surface area contributed by atoms with Crippen LogP contribution >= 0.6 is 10.7 Å². The van der Waals surface area contributed by atoms with Crippen LogP contribution in [-0.4, -0.2) is 40.8 Å². The molecule has 21 heavy (non-hydrogen) atoms. The van der Waals surface area contributed by atoms with Crippen LogP contribution in [0.25, 0.3) is 0 Å². The topological polar surface area (TPSA) is 97.4 Å². The van der Waals surface area contributed by atoms with Crippen LogP contribution < -0.4 is 5.32 Å². The highest BCUT2D eigenvalue weighted by Crippen LogP contribution is 2.21. The van der Waals surface area contributed by atoms with E-state index in [1.54, 1.807) is 13.8 Å². The highest BCUT2D eigenvalue weighted by molar-refractivity contribution is 8.13. The first kappa shape index (κ1) is 17.9. The highest BCUT2D eigenvalue weighted by atomic mass is 35.7. The first-order valence-electron chi connectivity index (χ1n) is 5.94. The maximum Gasteiger partial charge on any atom is 0.261 e. The predicted octanol–water partition coefficient (Wildman–Crippen LogP) is 1.09. The molecule has 0 fully saturated rings. The highest BCUT2D eigenvalue weighted by Gasteiger charge is 2.18. The Bertz CT molecular complexity index is 756. The second kappa shape index (κ2) is 6.33. The second-order valence-electron chi connectivity index (χ2n) is 4.89. The van der Waals surface area contributed by atoms with Crippen LogP contribution in [0, 0.1) is 6.92 Å². The number of sulfone groups is 1. The summed E-state index contributed by atoms with van der Waals surface area (Å²) in [4.78, 5) is 11.8. The maximum absolute atomic E-state index is 12.0. The number of hydrogen-bond acceptors (Lipinski definition) is 5. The Hall–Kier alpha value is -1.12. The molecule has 1 unspecified atom stereocenters. The second-order valence-corrected chi connectivity index (χ2v) is 9.60. The van der Waals surface area contributed by atoms with Crippen LogP contribution in [0.3, 0.4) is 0 Å². The van der Waals surface area contributed by atoms with Gasteiger partial charge in [0, 0.05) is 28.5 Å². The molecular formula is C12H16ClNO5S2. The molecule has 1 N–H and O–H groups in total. The SMILES string of the molecule is Cc1ccc(C(=O)NC(C)CS(C)(=O)=O)cc1S(=O)(=O)Cl. The third kappa shape index (κ3) is 5.64. The van der Waals surface area contributed by atoms with Gasteiger partial charge >= 0.3 is 0 Å². The van der Waals surface area contributed by atoms with Crippen molar-refractivity contribution in [3.63, 3.8) is 0 Å². The smallest absolute Gasteiger partial charge is 0.261 e. The zero-order valence-corrected chi connectivity index (χ0v) is 14.1. The molecule has 118 valence electrons. The number of amides is 1. The van der Waals surface area contributed by atoms with Crippen molar-refractivity contribution < 1.29 is 21.6 Å². The van der Waals surface area contributed by atoms with Crippen molar-refractivity contribution in [3.05, 3.63) is 29.3 Å². The van der Waals surface area contributed by atoms with E-state index in [4.69, 9.17) is 10.7 Å². The third-order valence-corrected chi connectivity index (χ3v) is 5.21. The fraction of sp³-hybridized carbons (Fsp3) is 0.417. The number of carbonyl (C=O) groups is 1. The lowest BCUT2D eigenvalue weighted by Gasteiger charge is -2.13. The molecule has 1 rings (SSSR count). The number of aryl methyl sites for hydroxylation is 1. The van der Waals surface area contributed by atoms with Gasteiger partial charge in [-0.25, -0.2) is 16.8 Å². The average Bonchev–Trinajstić information content (AvgIpc) is 2.24. The van der Waals surface area contributed by atoms with Gasteiger partial charge in [0.15, 0.2) is 0 Å². The fourth-order valence-electron chi connectivity index (χ4n) is 1.81. The van der Waals surface area contributed by atoms with E-state index in [9.17, 15) is 21.6 Å². The minimum absolute atomic E-state index is 0.0974. The van der Waals surface area contributed by atoms with Gasteiger partial charge in [0.05, 0.1) is 10.6 Å². The molecule has 0 aliphatic heterocycles. The predicted molar refractivity (Wildman–Crippen MR) is 80.9 cm³/mol. The molecule has 6 nitrogen and oxygen atoms in total. The largest absolute Gasteiger partial charge is 0.349 e. The fourth-order valence-corrected chi connectivity index (χ4v) is 4.02. The molecule has 1 aromatic rings. The van der Waals surface area contributed by atoms with E-state index in [1.165, 1.54) is 18.2 Å². The average molecular weight is 354 g/mol. The summed E-state index contributed by atoms with van der Waals surface area (Å²) in [5.74, 6) is -0.765. The first-order chi connectivity index (χ1) is 9.40. The summed E-state index contributed by atoms with van der Waals surface area (Å²) in [6.45, 7) is 3.11. The molecule has 0 aliphatic rings. The summed E-state index contributed by atoms with van der Waals surface area (Å²) < 4.78 is 45.1. The Morgan fingerprint density at radius 2 is 1.86 bits per heavy atom. The zero-order chi connectivity index (χ0) is 16.4.